The largest absolute Gasteiger partial charge is 0.508 e. The number of hydrogen-bond acceptors (Lipinski definition) is 3. The van der Waals surface area contributed by atoms with Crippen molar-refractivity contribution in [2.75, 3.05) is 19.6 Å². The molecule has 15 heavy (non-hydrogen) atoms. The average Bonchev–Trinajstić information content (AvgIpc) is 2.65. The lowest BCUT2D eigenvalue weighted by atomic mass is 9.88. The highest BCUT2D eigenvalue weighted by molar-refractivity contribution is 5.37. The molecule has 0 bridgehead atoms. The van der Waals surface area contributed by atoms with E-state index in [0.29, 0.717) is 12.5 Å². The van der Waals surface area contributed by atoms with Crippen molar-refractivity contribution in [2.45, 2.75) is 5.92 Å². The smallest absolute Gasteiger partial charge is 0.126 e. The van der Waals surface area contributed by atoms with Crippen LogP contribution in [0, 0.1) is 11.7 Å². The van der Waals surface area contributed by atoms with E-state index in [1.165, 1.54) is 6.07 Å². The van der Waals surface area contributed by atoms with Gasteiger partial charge in [-0.05, 0) is 30.6 Å². The molecular weight excluding hydrogens is 195 g/mol. The molecule has 82 valence electrons. The van der Waals surface area contributed by atoms with Crippen molar-refractivity contribution < 1.29 is 9.50 Å². The summed E-state index contributed by atoms with van der Waals surface area (Å²) >= 11 is 0. The Bertz CT molecular complexity index is 356. The highest BCUT2D eigenvalue weighted by Gasteiger charge is 2.29. The van der Waals surface area contributed by atoms with Crippen molar-refractivity contribution >= 4 is 0 Å². The molecule has 1 fully saturated rings. The quantitative estimate of drug-likeness (QED) is 0.676. The van der Waals surface area contributed by atoms with Gasteiger partial charge >= 0.3 is 0 Å². The number of aromatic hydroxyl groups is 1. The Kier molecular flexibility index (Phi) is 2.88. The maximum absolute atomic E-state index is 12.8. The fraction of sp³-hybridized carbons (Fsp3) is 0.455. The summed E-state index contributed by atoms with van der Waals surface area (Å²) in [7, 11) is 0. The molecule has 1 aromatic rings. The van der Waals surface area contributed by atoms with Crippen LogP contribution in [0.2, 0.25) is 0 Å². The number of benzene rings is 1. The molecular formula is C11H15FN2O. The second-order valence-corrected chi connectivity index (χ2v) is 3.96. The van der Waals surface area contributed by atoms with Crippen molar-refractivity contribution in [1.82, 2.24) is 5.32 Å². The van der Waals surface area contributed by atoms with E-state index in [9.17, 15) is 9.50 Å². The first-order valence-corrected chi connectivity index (χ1v) is 5.11. The summed E-state index contributed by atoms with van der Waals surface area (Å²) in [5.41, 5.74) is 6.43. The number of halogens is 1. The van der Waals surface area contributed by atoms with Gasteiger partial charge in [0.25, 0.3) is 0 Å². The molecule has 0 spiro atoms. The minimum Gasteiger partial charge on any atom is -0.508 e. The fourth-order valence-corrected chi connectivity index (χ4v) is 2.18. The minimum atomic E-state index is -0.411. The van der Waals surface area contributed by atoms with Crippen molar-refractivity contribution in [2.24, 2.45) is 11.7 Å². The molecule has 2 atom stereocenters. The predicted octanol–water partition coefficient (Wildman–Crippen LogP) is 0.793. The third kappa shape index (κ3) is 1.96. The number of phenolic OH excluding ortho intramolecular Hbond substituents is 1. The van der Waals surface area contributed by atoms with E-state index in [1.807, 2.05) is 0 Å². The second kappa shape index (κ2) is 4.16. The molecule has 0 saturated carbocycles. The van der Waals surface area contributed by atoms with Crippen LogP contribution in [0.15, 0.2) is 18.2 Å². The third-order valence-corrected chi connectivity index (χ3v) is 3.03. The van der Waals surface area contributed by atoms with Crippen molar-refractivity contribution in [3.05, 3.63) is 29.6 Å². The van der Waals surface area contributed by atoms with Crippen LogP contribution in [0.3, 0.4) is 0 Å². The molecule has 1 aliphatic heterocycles. The summed E-state index contributed by atoms with van der Waals surface area (Å²) in [4.78, 5) is 0. The maximum Gasteiger partial charge on any atom is 0.126 e. The number of phenols is 1. The van der Waals surface area contributed by atoms with E-state index in [0.717, 1.165) is 24.7 Å². The lowest BCUT2D eigenvalue weighted by molar-refractivity contribution is 0.442. The topological polar surface area (TPSA) is 58.3 Å². The highest BCUT2D eigenvalue weighted by Crippen LogP contribution is 2.33. The van der Waals surface area contributed by atoms with Crippen LogP contribution in [0.1, 0.15) is 11.5 Å². The summed E-state index contributed by atoms with van der Waals surface area (Å²) in [5.74, 6) is 0.130. The van der Waals surface area contributed by atoms with Crippen LogP contribution in [0.25, 0.3) is 0 Å². The van der Waals surface area contributed by atoms with Gasteiger partial charge < -0.3 is 16.2 Å². The van der Waals surface area contributed by atoms with E-state index >= 15 is 0 Å². The normalized spacial score (nSPS) is 25.7. The molecule has 0 aliphatic carbocycles. The van der Waals surface area contributed by atoms with Gasteiger partial charge in [-0.3, -0.25) is 0 Å². The zero-order valence-corrected chi connectivity index (χ0v) is 8.41. The first-order chi connectivity index (χ1) is 7.22. The van der Waals surface area contributed by atoms with Gasteiger partial charge in [-0.2, -0.15) is 0 Å². The summed E-state index contributed by atoms with van der Waals surface area (Å²) in [5, 5.41) is 12.9. The Morgan fingerprint density at radius 3 is 2.93 bits per heavy atom. The van der Waals surface area contributed by atoms with Crippen LogP contribution < -0.4 is 11.1 Å². The first-order valence-electron chi connectivity index (χ1n) is 5.11. The fourth-order valence-electron chi connectivity index (χ4n) is 2.18. The van der Waals surface area contributed by atoms with Gasteiger partial charge in [-0.15, -0.1) is 0 Å². The van der Waals surface area contributed by atoms with Crippen molar-refractivity contribution in [3.8, 4) is 5.75 Å². The average molecular weight is 210 g/mol. The van der Waals surface area contributed by atoms with Gasteiger partial charge in [0.05, 0.1) is 0 Å². The maximum atomic E-state index is 12.8. The molecule has 2 unspecified atom stereocenters. The minimum absolute atomic E-state index is 0.0298. The Morgan fingerprint density at radius 1 is 1.47 bits per heavy atom. The molecule has 0 radical (unpaired) electrons. The molecule has 0 aromatic heterocycles. The van der Waals surface area contributed by atoms with Gasteiger partial charge in [-0.25, -0.2) is 4.39 Å². The molecule has 1 aliphatic rings. The molecule has 4 heteroatoms. The summed E-state index contributed by atoms with van der Waals surface area (Å²) in [6, 6.07) is 4.17. The van der Waals surface area contributed by atoms with E-state index in [-0.39, 0.29) is 11.7 Å². The zero-order chi connectivity index (χ0) is 10.8. The van der Waals surface area contributed by atoms with E-state index < -0.39 is 5.82 Å². The molecule has 1 heterocycles. The Morgan fingerprint density at radius 2 is 2.27 bits per heavy atom. The van der Waals surface area contributed by atoms with E-state index in [1.54, 1.807) is 6.07 Å². The van der Waals surface area contributed by atoms with Gasteiger partial charge in [0.15, 0.2) is 0 Å². The van der Waals surface area contributed by atoms with E-state index in [2.05, 4.69) is 5.32 Å². The lowest BCUT2D eigenvalue weighted by Crippen LogP contribution is -2.21. The van der Waals surface area contributed by atoms with Crippen molar-refractivity contribution in [3.63, 3.8) is 0 Å². The summed E-state index contributed by atoms with van der Waals surface area (Å²) < 4.78 is 12.8. The van der Waals surface area contributed by atoms with Crippen LogP contribution in [0.4, 0.5) is 4.39 Å². The monoisotopic (exact) mass is 210 g/mol. The number of nitrogens with one attached hydrogen (secondary N) is 1. The van der Waals surface area contributed by atoms with Crippen LogP contribution in [-0.4, -0.2) is 24.7 Å². The van der Waals surface area contributed by atoms with Crippen molar-refractivity contribution in [1.29, 1.82) is 0 Å². The Hall–Kier alpha value is -1.13. The zero-order valence-electron chi connectivity index (χ0n) is 8.41. The van der Waals surface area contributed by atoms with Gasteiger partial charge in [0, 0.05) is 18.5 Å². The molecule has 2 rings (SSSR count). The van der Waals surface area contributed by atoms with Gasteiger partial charge in [0.2, 0.25) is 0 Å². The molecule has 3 nitrogen and oxygen atoms in total. The molecule has 1 saturated heterocycles. The number of nitrogens with two attached hydrogens (primary N) is 1. The van der Waals surface area contributed by atoms with Gasteiger partial charge in [0.1, 0.15) is 11.6 Å². The van der Waals surface area contributed by atoms with Gasteiger partial charge in [-0.1, -0.05) is 6.07 Å². The number of hydrogen-bond donors (Lipinski definition) is 3. The second-order valence-electron chi connectivity index (χ2n) is 3.96. The summed E-state index contributed by atoms with van der Waals surface area (Å²) in [6.07, 6.45) is 0. The van der Waals surface area contributed by atoms with Crippen LogP contribution >= 0.6 is 0 Å². The number of rotatable bonds is 2. The molecule has 1 aromatic carbocycles. The Labute approximate surface area is 88.1 Å². The SMILES string of the molecule is NCC1CNCC1c1ccc(F)cc1O. The van der Waals surface area contributed by atoms with E-state index in [4.69, 9.17) is 5.73 Å². The molecule has 0 amide bonds. The van der Waals surface area contributed by atoms with Crippen LogP contribution in [-0.2, 0) is 0 Å². The summed E-state index contributed by atoms with van der Waals surface area (Å²) in [6.45, 7) is 2.23. The predicted molar refractivity (Wildman–Crippen MR) is 56.2 cm³/mol. The highest BCUT2D eigenvalue weighted by atomic mass is 19.1. The lowest BCUT2D eigenvalue weighted by Gasteiger charge is -2.18. The standard InChI is InChI=1S/C11H15FN2O/c12-8-1-2-9(11(15)3-8)10-6-14-5-7(10)4-13/h1-3,7,10,14-15H,4-6,13H2. The Balaban J connectivity index is 2.28. The molecule has 4 N–H and O–H groups in total. The third-order valence-electron chi connectivity index (χ3n) is 3.03. The van der Waals surface area contributed by atoms with Crippen LogP contribution in [0.5, 0.6) is 5.75 Å². The first kappa shape index (κ1) is 10.4.